The molecule has 112 valence electrons. The zero-order chi connectivity index (χ0) is 15.6. The third-order valence-electron chi connectivity index (χ3n) is 2.44. The highest BCUT2D eigenvalue weighted by molar-refractivity contribution is 7.15. The molecule has 0 fully saturated rings. The minimum atomic E-state index is -4.77. The van der Waals surface area contributed by atoms with Gasteiger partial charge in [0.15, 0.2) is 5.69 Å². The Morgan fingerprint density at radius 1 is 1.33 bits per heavy atom. The summed E-state index contributed by atoms with van der Waals surface area (Å²) in [6.45, 7) is 1.69. The first-order chi connectivity index (χ1) is 9.80. The van der Waals surface area contributed by atoms with E-state index >= 15 is 0 Å². The van der Waals surface area contributed by atoms with Crippen molar-refractivity contribution in [3.63, 3.8) is 0 Å². The Balaban J connectivity index is 2.43. The molecule has 0 amide bonds. The molecule has 0 saturated heterocycles. The van der Waals surface area contributed by atoms with E-state index in [9.17, 15) is 18.0 Å². The van der Waals surface area contributed by atoms with Crippen LogP contribution in [0.15, 0.2) is 24.3 Å². The Bertz CT molecular complexity index is 667. The second-order valence-electron chi connectivity index (χ2n) is 3.98. The van der Waals surface area contributed by atoms with Gasteiger partial charge in [0.25, 0.3) is 0 Å². The number of aromatic nitrogens is 1. The fraction of sp³-hybridized carbons (Fsp3) is 0.231. The number of methoxy groups -OCH3 is 1. The number of thiazole rings is 1. The second-order valence-corrected chi connectivity index (χ2v) is 5.18. The van der Waals surface area contributed by atoms with Crippen molar-refractivity contribution in [1.29, 1.82) is 0 Å². The van der Waals surface area contributed by atoms with Crippen molar-refractivity contribution >= 4 is 17.3 Å². The minimum Gasteiger partial charge on any atom is -0.464 e. The quantitative estimate of drug-likeness (QED) is 0.808. The van der Waals surface area contributed by atoms with Gasteiger partial charge in [0.05, 0.1) is 17.0 Å². The molecule has 8 heteroatoms. The van der Waals surface area contributed by atoms with Crippen molar-refractivity contribution in [3.8, 4) is 16.2 Å². The number of esters is 1. The Labute approximate surface area is 122 Å². The summed E-state index contributed by atoms with van der Waals surface area (Å²) < 4.78 is 45.2. The van der Waals surface area contributed by atoms with Crippen LogP contribution in [-0.2, 0) is 4.74 Å². The predicted molar refractivity (Wildman–Crippen MR) is 70.3 cm³/mol. The molecular formula is C13H10F3NO3S. The first-order valence-corrected chi connectivity index (χ1v) is 6.54. The molecule has 0 unspecified atom stereocenters. The summed E-state index contributed by atoms with van der Waals surface area (Å²) in [5.41, 5.74) is 0.479. The van der Waals surface area contributed by atoms with Crippen LogP contribution < -0.4 is 4.74 Å². The maximum atomic E-state index is 12.2. The highest BCUT2D eigenvalue weighted by Crippen LogP contribution is 2.33. The minimum absolute atomic E-state index is 0.0733. The lowest BCUT2D eigenvalue weighted by Gasteiger charge is -2.09. The number of benzene rings is 1. The van der Waals surface area contributed by atoms with E-state index in [1.807, 2.05) is 0 Å². The highest BCUT2D eigenvalue weighted by Gasteiger charge is 2.31. The Hall–Kier alpha value is -2.09. The Kier molecular flexibility index (Phi) is 4.17. The zero-order valence-corrected chi connectivity index (χ0v) is 11.8. The van der Waals surface area contributed by atoms with Gasteiger partial charge < -0.3 is 9.47 Å². The number of nitrogens with zero attached hydrogens (tertiary/aromatic N) is 1. The number of hydrogen-bond acceptors (Lipinski definition) is 5. The van der Waals surface area contributed by atoms with Gasteiger partial charge in [-0.3, -0.25) is 0 Å². The van der Waals surface area contributed by atoms with Crippen LogP contribution in [0.3, 0.4) is 0 Å². The molecule has 0 radical (unpaired) electrons. The number of rotatable bonds is 3. The number of halogens is 3. The summed E-state index contributed by atoms with van der Waals surface area (Å²) in [4.78, 5) is 16.1. The number of carbonyl (C=O) groups is 1. The van der Waals surface area contributed by atoms with E-state index in [0.29, 0.717) is 15.4 Å². The van der Waals surface area contributed by atoms with Crippen LogP contribution in [0, 0.1) is 6.92 Å². The van der Waals surface area contributed by atoms with Gasteiger partial charge in [-0.25, -0.2) is 9.78 Å². The van der Waals surface area contributed by atoms with Gasteiger partial charge in [-0.15, -0.1) is 24.5 Å². The van der Waals surface area contributed by atoms with Gasteiger partial charge in [-0.05, 0) is 24.6 Å². The number of ether oxygens (including phenoxy) is 2. The van der Waals surface area contributed by atoms with Gasteiger partial charge >= 0.3 is 12.3 Å². The Morgan fingerprint density at radius 3 is 2.67 bits per heavy atom. The average molecular weight is 317 g/mol. The number of carbonyl (C=O) groups excluding carboxylic acids is 1. The van der Waals surface area contributed by atoms with E-state index in [2.05, 4.69) is 14.5 Å². The molecule has 0 saturated carbocycles. The van der Waals surface area contributed by atoms with Crippen molar-refractivity contribution in [2.45, 2.75) is 13.3 Å². The zero-order valence-electron chi connectivity index (χ0n) is 11.0. The van der Waals surface area contributed by atoms with Gasteiger partial charge in [0.2, 0.25) is 0 Å². The molecule has 0 atom stereocenters. The summed E-state index contributed by atoms with van der Waals surface area (Å²) in [6, 6.07) is 5.37. The number of hydrogen-bond donors (Lipinski definition) is 0. The summed E-state index contributed by atoms with van der Waals surface area (Å²) >= 11 is 1.19. The molecule has 0 aliphatic heterocycles. The van der Waals surface area contributed by atoms with Gasteiger partial charge in [0.1, 0.15) is 5.75 Å². The van der Waals surface area contributed by atoms with E-state index in [4.69, 9.17) is 0 Å². The van der Waals surface area contributed by atoms with Crippen molar-refractivity contribution < 1.29 is 27.4 Å². The summed E-state index contributed by atoms with van der Waals surface area (Å²) in [7, 11) is 1.21. The van der Waals surface area contributed by atoms with Gasteiger partial charge in [-0.1, -0.05) is 12.1 Å². The second kappa shape index (κ2) is 5.72. The van der Waals surface area contributed by atoms with E-state index in [1.54, 1.807) is 13.0 Å². The first kappa shape index (κ1) is 15.3. The predicted octanol–water partition coefficient (Wildman–Crippen LogP) is 3.80. The maximum Gasteiger partial charge on any atom is 0.573 e. The molecule has 4 nitrogen and oxygen atoms in total. The lowest BCUT2D eigenvalue weighted by molar-refractivity contribution is -0.274. The fourth-order valence-corrected chi connectivity index (χ4v) is 2.60. The third kappa shape index (κ3) is 3.72. The standard InChI is InChI=1S/C13H10F3NO3S/c1-7-17-10(12(18)19-2)11(21-7)8-4-3-5-9(6-8)20-13(14,15)16/h3-6H,1-2H3. The van der Waals surface area contributed by atoms with Crippen molar-refractivity contribution in [2.75, 3.05) is 7.11 Å². The molecule has 2 aromatic rings. The molecule has 1 heterocycles. The van der Waals surface area contributed by atoms with Crippen LogP contribution in [0.2, 0.25) is 0 Å². The molecule has 1 aromatic heterocycles. The lowest BCUT2D eigenvalue weighted by Crippen LogP contribution is -2.17. The first-order valence-electron chi connectivity index (χ1n) is 5.72. The van der Waals surface area contributed by atoms with Gasteiger partial charge in [-0.2, -0.15) is 0 Å². The smallest absolute Gasteiger partial charge is 0.464 e. The van der Waals surface area contributed by atoms with E-state index < -0.39 is 12.3 Å². The van der Waals surface area contributed by atoms with Crippen LogP contribution in [0.25, 0.3) is 10.4 Å². The highest BCUT2D eigenvalue weighted by atomic mass is 32.1. The molecule has 2 rings (SSSR count). The molecule has 1 aromatic carbocycles. The average Bonchev–Trinajstić information content (AvgIpc) is 2.78. The SMILES string of the molecule is COC(=O)c1nc(C)sc1-c1cccc(OC(F)(F)F)c1. The largest absolute Gasteiger partial charge is 0.573 e. The van der Waals surface area contributed by atoms with Gasteiger partial charge in [0, 0.05) is 0 Å². The van der Waals surface area contributed by atoms with Crippen molar-refractivity contribution in [2.24, 2.45) is 0 Å². The lowest BCUT2D eigenvalue weighted by atomic mass is 10.1. The maximum absolute atomic E-state index is 12.2. The Morgan fingerprint density at radius 2 is 2.05 bits per heavy atom. The third-order valence-corrected chi connectivity index (χ3v) is 3.46. The van der Waals surface area contributed by atoms with Crippen LogP contribution in [0.4, 0.5) is 13.2 Å². The van der Waals surface area contributed by atoms with Crippen molar-refractivity contribution in [1.82, 2.24) is 4.98 Å². The topological polar surface area (TPSA) is 48.4 Å². The van der Waals surface area contributed by atoms with Crippen LogP contribution in [0.1, 0.15) is 15.5 Å². The molecule has 21 heavy (non-hydrogen) atoms. The molecule has 0 spiro atoms. The molecular weight excluding hydrogens is 307 g/mol. The summed E-state index contributed by atoms with van der Waals surface area (Å²) in [5, 5.41) is 0.604. The molecule has 0 N–H and O–H groups in total. The van der Waals surface area contributed by atoms with Crippen LogP contribution >= 0.6 is 11.3 Å². The van der Waals surface area contributed by atoms with E-state index in [-0.39, 0.29) is 11.4 Å². The normalized spacial score (nSPS) is 11.3. The monoisotopic (exact) mass is 317 g/mol. The number of alkyl halides is 3. The van der Waals surface area contributed by atoms with E-state index in [1.165, 1.54) is 36.6 Å². The molecule has 0 bridgehead atoms. The summed E-state index contributed by atoms with van der Waals surface area (Å²) in [5.74, 6) is -1.00. The summed E-state index contributed by atoms with van der Waals surface area (Å²) in [6.07, 6.45) is -4.77. The van der Waals surface area contributed by atoms with Crippen LogP contribution in [0.5, 0.6) is 5.75 Å². The molecule has 0 aliphatic rings. The molecule has 0 aliphatic carbocycles. The van der Waals surface area contributed by atoms with Crippen LogP contribution in [-0.4, -0.2) is 24.4 Å². The van der Waals surface area contributed by atoms with Crippen molar-refractivity contribution in [3.05, 3.63) is 35.0 Å². The van der Waals surface area contributed by atoms with E-state index in [0.717, 1.165) is 0 Å². The number of aryl methyl sites for hydroxylation is 1. The fourth-order valence-electron chi connectivity index (χ4n) is 1.69.